The molecule has 0 heterocycles. The van der Waals surface area contributed by atoms with E-state index in [0.29, 0.717) is 12.0 Å². The van der Waals surface area contributed by atoms with Gasteiger partial charge in [-0.25, -0.2) is 0 Å². The standard InChI is InChI=1S/C16H28N2O/c1-5-14(10-11-19)12-17-13(2)15-8-6-7-9-16(15)18(3)4/h6-9,13-14,17,19H,5,10-12H2,1-4H3. The minimum Gasteiger partial charge on any atom is -0.396 e. The van der Waals surface area contributed by atoms with Gasteiger partial charge in [0, 0.05) is 32.4 Å². The molecule has 0 aromatic heterocycles. The molecule has 108 valence electrons. The van der Waals surface area contributed by atoms with E-state index in [9.17, 15) is 0 Å². The summed E-state index contributed by atoms with van der Waals surface area (Å²) in [5, 5.41) is 12.6. The van der Waals surface area contributed by atoms with Crippen molar-refractivity contribution in [2.45, 2.75) is 32.7 Å². The number of nitrogens with one attached hydrogen (secondary N) is 1. The van der Waals surface area contributed by atoms with E-state index in [1.165, 1.54) is 11.3 Å². The fraction of sp³-hybridized carbons (Fsp3) is 0.625. The van der Waals surface area contributed by atoms with Gasteiger partial charge in [-0.1, -0.05) is 31.5 Å². The average Bonchev–Trinajstić information content (AvgIpc) is 2.43. The molecule has 0 saturated carbocycles. The molecule has 0 spiro atoms. The Hall–Kier alpha value is -1.06. The van der Waals surface area contributed by atoms with Crippen LogP contribution in [0.5, 0.6) is 0 Å². The van der Waals surface area contributed by atoms with Crippen LogP contribution in [0.25, 0.3) is 0 Å². The fourth-order valence-electron chi connectivity index (χ4n) is 2.35. The lowest BCUT2D eigenvalue weighted by molar-refractivity contribution is 0.249. The molecule has 0 aliphatic heterocycles. The molecule has 3 nitrogen and oxygen atoms in total. The number of para-hydroxylation sites is 1. The first-order chi connectivity index (χ1) is 9.10. The Morgan fingerprint density at radius 2 is 1.95 bits per heavy atom. The van der Waals surface area contributed by atoms with Crippen molar-refractivity contribution in [2.75, 3.05) is 32.1 Å². The quantitative estimate of drug-likeness (QED) is 0.758. The van der Waals surface area contributed by atoms with Crippen LogP contribution in [0, 0.1) is 5.92 Å². The van der Waals surface area contributed by atoms with Gasteiger partial charge in [-0.3, -0.25) is 0 Å². The van der Waals surface area contributed by atoms with Crippen molar-refractivity contribution in [2.24, 2.45) is 5.92 Å². The van der Waals surface area contributed by atoms with Crippen LogP contribution >= 0.6 is 0 Å². The normalized spacial score (nSPS) is 14.2. The van der Waals surface area contributed by atoms with Gasteiger partial charge < -0.3 is 15.3 Å². The minimum absolute atomic E-state index is 0.281. The second-order valence-electron chi connectivity index (χ2n) is 5.37. The van der Waals surface area contributed by atoms with Crippen LogP contribution in [0.2, 0.25) is 0 Å². The third-order valence-electron chi connectivity index (χ3n) is 3.71. The summed E-state index contributed by atoms with van der Waals surface area (Å²) < 4.78 is 0. The lowest BCUT2D eigenvalue weighted by Gasteiger charge is -2.24. The number of hydrogen-bond acceptors (Lipinski definition) is 3. The molecule has 1 rings (SSSR count). The summed E-state index contributed by atoms with van der Waals surface area (Å²) in [6.45, 7) is 5.62. The van der Waals surface area contributed by atoms with Crippen LogP contribution in [0.1, 0.15) is 38.3 Å². The van der Waals surface area contributed by atoms with Gasteiger partial charge in [-0.05, 0) is 37.4 Å². The largest absolute Gasteiger partial charge is 0.396 e. The first-order valence-electron chi connectivity index (χ1n) is 7.20. The molecule has 0 fully saturated rings. The maximum Gasteiger partial charge on any atom is 0.0434 e. The minimum atomic E-state index is 0.281. The summed E-state index contributed by atoms with van der Waals surface area (Å²) in [6, 6.07) is 8.82. The van der Waals surface area contributed by atoms with Gasteiger partial charge in [0.15, 0.2) is 0 Å². The number of anilines is 1. The van der Waals surface area contributed by atoms with Crippen LogP contribution in [0.4, 0.5) is 5.69 Å². The van der Waals surface area contributed by atoms with Gasteiger partial charge in [-0.2, -0.15) is 0 Å². The number of benzene rings is 1. The average molecular weight is 264 g/mol. The van der Waals surface area contributed by atoms with Crippen molar-refractivity contribution in [1.82, 2.24) is 5.32 Å². The van der Waals surface area contributed by atoms with E-state index >= 15 is 0 Å². The highest BCUT2D eigenvalue weighted by Gasteiger charge is 2.13. The summed E-state index contributed by atoms with van der Waals surface area (Å²) in [6.07, 6.45) is 1.99. The van der Waals surface area contributed by atoms with E-state index in [1.807, 2.05) is 0 Å². The second-order valence-corrected chi connectivity index (χ2v) is 5.37. The van der Waals surface area contributed by atoms with E-state index in [1.54, 1.807) is 0 Å². The third-order valence-corrected chi connectivity index (χ3v) is 3.71. The molecule has 2 N–H and O–H groups in total. The number of aliphatic hydroxyl groups excluding tert-OH is 1. The van der Waals surface area contributed by atoms with E-state index in [4.69, 9.17) is 5.11 Å². The highest BCUT2D eigenvalue weighted by atomic mass is 16.3. The molecule has 0 saturated heterocycles. The Labute approximate surface area is 117 Å². The van der Waals surface area contributed by atoms with E-state index < -0.39 is 0 Å². The van der Waals surface area contributed by atoms with Gasteiger partial charge in [0.05, 0.1) is 0 Å². The molecular weight excluding hydrogens is 236 g/mol. The van der Waals surface area contributed by atoms with Crippen LogP contribution in [-0.4, -0.2) is 32.4 Å². The van der Waals surface area contributed by atoms with Crippen molar-refractivity contribution in [3.05, 3.63) is 29.8 Å². The molecule has 1 aromatic carbocycles. The Bertz CT molecular complexity index is 366. The van der Waals surface area contributed by atoms with Crippen molar-refractivity contribution in [3.8, 4) is 0 Å². The third kappa shape index (κ3) is 4.84. The van der Waals surface area contributed by atoms with E-state index in [2.05, 4.69) is 62.4 Å². The van der Waals surface area contributed by atoms with E-state index in [-0.39, 0.29) is 6.61 Å². The monoisotopic (exact) mass is 264 g/mol. The molecule has 3 heteroatoms. The zero-order valence-electron chi connectivity index (χ0n) is 12.7. The van der Waals surface area contributed by atoms with Gasteiger partial charge in [-0.15, -0.1) is 0 Å². The lowest BCUT2D eigenvalue weighted by atomic mass is 10.0. The number of rotatable bonds is 8. The zero-order valence-corrected chi connectivity index (χ0v) is 12.7. The predicted molar refractivity (Wildman–Crippen MR) is 82.7 cm³/mol. The Kier molecular flexibility index (Phi) is 6.89. The first kappa shape index (κ1) is 16.0. The maximum atomic E-state index is 9.03. The molecule has 1 aromatic rings. The molecule has 19 heavy (non-hydrogen) atoms. The summed E-state index contributed by atoms with van der Waals surface area (Å²) in [5.74, 6) is 0.555. The molecule has 2 unspecified atom stereocenters. The van der Waals surface area contributed by atoms with Gasteiger partial charge in [0.1, 0.15) is 0 Å². The summed E-state index contributed by atoms with van der Waals surface area (Å²) in [5.41, 5.74) is 2.59. The van der Waals surface area contributed by atoms with Gasteiger partial charge in [0.25, 0.3) is 0 Å². The van der Waals surface area contributed by atoms with Crippen molar-refractivity contribution < 1.29 is 5.11 Å². The maximum absolute atomic E-state index is 9.03. The Balaban J connectivity index is 2.65. The molecule has 0 radical (unpaired) electrons. The molecule has 0 bridgehead atoms. The summed E-state index contributed by atoms with van der Waals surface area (Å²) >= 11 is 0. The van der Waals surface area contributed by atoms with Gasteiger partial charge >= 0.3 is 0 Å². The fourth-order valence-corrected chi connectivity index (χ4v) is 2.35. The number of hydrogen-bond donors (Lipinski definition) is 2. The highest BCUT2D eigenvalue weighted by molar-refractivity contribution is 5.53. The zero-order chi connectivity index (χ0) is 14.3. The topological polar surface area (TPSA) is 35.5 Å². The highest BCUT2D eigenvalue weighted by Crippen LogP contribution is 2.24. The smallest absolute Gasteiger partial charge is 0.0434 e. The molecule has 2 atom stereocenters. The van der Waals surface area contributed by atoms with Crippen molar-refractivity contribution in [1.29, 1.82) is 0 Å². The summed E-state index contributed by atoms with van der Waals surface area (Å²) in [4.78, 5) is 2.15. The van der Waals surface area contributed by atoms with Crippen molar-refractivity contribution in [3.63, 3.8) is 0 Å². The molecule has 0 aliphatic carbocycles. The Morgan fingerprint density at radius 3 is 2.53 bits per heavy atom. The van der Waals surface area contributed by atoms with E-state index in [0.717, 1.165) is 19.4 Å². The number of aliphatic hydroxyl groups is 1. The van der Waals surface area contributed by atoms with Crippen molar-refractivity contribution >= 4 is 5.69 Å². The second kappa shape index (κ2) is 8.18. The van der Waals surface area contributed by atoms with Crippen LogP contribution in [0.15, 0.2) is 24.3 Å². The number of nitrogens with zero attached hydrogens (tertiary/aromatic N) is 1. The summed E-state index contributed by atoms with van der Waals surface area (Å²) in [7, 11) is 4.15. The first-order valence-corrected chi connectivity index (χ1v) is 7.20. The molecule has 0 aliphatic rings. The molecular formula is C16H28N2O. The van der Waals surface area contributed by atoms with Gasteiger partial charge in [0.2, 0.25) is 0 Å². The Morgan fingerprint density at radius 1 is 1.26 bits per heavy atom. The molecule has 0 amide bonds. The SMILES string of the molecule is CCC(CCO)CNC(C)c1ccccc1N(C)C. The van der Waals surface area contributed by atoms with Crippen LogP contribution in [0.3, 0.4) is 0 Å². The predicted octanol–water partition coefficient (Wildman–Crippen LogP) is 2.81. The van der Waals surface area contributed by atoms with Crippen LogP contribution < -0.4 is 10.2 Å². The lowest BCUT2D eigenvalue weighted by Crippen LogP contribution is -2.27. The van der Waals surface area contributed by atoms with Crippen LogP contribution in [-0.2, 0) is 0 Å².